The Morgan fingerprint density at radius 2 is 1.76 bits per heavy atom. The number of likely N-dealkylation sites (N-methyl/N-ethyl adjacent to an activating group) is 1. The van der Waals surface area contributed by atoms with Crippen LogP contribution in [0.15, 0.2) is 42.0 Å². The van der Waals surface area contributed by atoms with Gasteiger partial charge < -0.3 is 29.5 Å². The number of aromatic hydroxyl groups is 1. The average Bonchev–Trinajstić information content (AvgIpc) is 3.10. The zero-order valence-corrected chi connectivity index (χ0v) is 20.3. The molecule has 8 nitrogen and oxygen atoms in total. The number of ketones is 1. The summed E-state index contributed by atoms with van der Waals surface area (Å²) in [5.74, 6) is -1.18. The quantitative estimate of drug-likeness (QED) is 0.330. The fraction of sp³-hybridized carbons (Fsp3) is 0.385. The largest absolute Gasteiger partial charge is 0.507 e. The second kappa shape index (κ2) is 10.6. The number of amides is 1. The van der Waals surface area contributed by atoms with Crippen molar-refractivity contribution in [2.45, 2.75) is 26.8 Å². The summed E-state index contributed by atoms with van der Waals surface area (Å²) in [4.78, 5) is 30.1. The highest BCUT2D eigenvalue weighted by atomic mass is 16.5. The summed E-state index contributed by atoms with van der Waals surface area (Å²) < 4.78 is 10.9. The second-order valence-electron chi connectivity index (χ2n) is 8.15. The van der Waals surface area contributed by atoms with Crippen molar-refractivity contribution in [3.05, 3.63) is 58.7 Å². The van der Waals surface area contributed by atoms with E-state index in [9.17, 15) is 19.8 Å². The van der Waals surface area contributed by atoms with E-state index < -0.39 is 23.5 Å². The Morgan fingerprint density at radius 1 is 1.06 bits per heavy atom. The number of aliphatic hydroxyl groups excluding tert-OH is 1. The van der Waals surface area contributed by atoms with Gasteiger partial charge in [0.05, 0.1) is 31.4 Å². The molecule has 1 aliphatic heterocycles. The summed E-state index contributed by atoms with van der Waals surface area (Å²) in [6, 6.07) is 8.91. The monoisotopic (exact) mass is 468 g/mol. The predicted molar refractivity (Wildman–Crippen MR) is 129 cm³/mol. The van der Waals surface area contributed by atoms with E-state index in [0.29, 0.717) is 23.6 Å². The van der Waals surface area contributed by atoms with E-state index in [1.807, 2.05) is 20.8 Å². The number of aliphatic hydroxyl groups is 1. The molecule has 182 valence electrons. The SMILES string of the molecule is CCN(CC)CCN1C(=O)C(=O)/C(=C(/O)c2cc(C)ccc2O)C1c1cc(OC)ccc1OC. The van der Waals surface area contributed by atoms with Crippen LogP contribution in [-0.4, -0.2) is 72.1 Å². The Morgan fingerprint density at radius 3 is 2.38 bits per heavy atom. The van der Waals surface area contributed by atoms with Gasteiger partial charge in [0, 0.05) is 18.7 Å². The highest BCUT2D eigenvalue weighted by Crippen LogP contribution is 2.44. The van der Waals surface area contributed by atoms with Crippen LogP contribution in [0.5, 0.6) is 17.2 Å². The minimum absolute atomic E-state index is 0.0913. The van der Waals surface area contributed by atoms with Crippen LogP contribution in [0, 0.1) is 6.92 Å². The molecule has 0 bridgehead atoms. The summed E-state index contributed by atoms with van der Waals surface area (Å²) in [7, 11) is 3.02. The molecule has 1 unspecified atom stereocenters. The Kier molecular flexibility index (Phi) is 7.83. The van der Waals surface area contributed by atoms with Crippen molar-refractivity contribution in [1.29, 1.82) is 0 Å². The molecule has 1 atom stereocenters. The van der Waals surface area contributed by atoms with Crippen LogP contribution in [0.1, 0.15) is 36.6 Å². The molecule has 1 aliphatic rings. The third-order valence-corrected chi connectivity index (χ3v) is 6.23. The first-order valence-corrected chi connectivity index (χ1v) is 11.3. The number of phenols is 1. The van der Waals surface area contributed by atoms with Gasteiger partial charge in [-0.1, -0.05) is 25.5 Å². The molecule has 0 saturated carbocycles. The number of carbonyl (C=O) groups excluding carboxylic acids is 2. The standard InChI is InChI=1S/C26H32N2O6/c1-6-27(7-2)12-13-28-23(19-15-17(33-4)9-11-21(19)34-5)22(25(31)26(28)32)24(30)18-14-16(3)8-10-20(18)29/h8-11,14-15,23,29-30H,6-7,12-13H2,1-5H3/b24-22+. The fourth-order valence-corrected chi connectivity index (χ4v) is 4.26. The maximum absolute atomic E-state index is 13.3. The van der Waals surface area contributed by atoms with Crippen molar-refractivity contribution in [2.24, 2.45) is 0 Å². The Balaban J connectivity index is 2.24. The Bertz CT molecular complexity index is 1110. The molecule has 1 amide bonds. The molecular weight excluding hydrogens is 436 g/mol. The minimum atomic E-state index is -0.916. The van der Waals surface area contributed by atoms with E-state index in [1.54, 1.807) is 30.3 Å². The summed E-state index contributed by atoms with van der Waals surface area (Å²) >= 11 is 0. The number of carbonyl (C=O) groups is 2. The van der Waals surface area contributed by atoms with Crippen molar-refractivity contribution < 1.29 is 29.3 Å². The Hall–Kier alpha value is -3.52. The normalized spacial score (nSPS) is 17.5. The molecule has 0 spiro atoms. The first-order chi connectivity index (χ1) is 16.3. The molecule has 0 aliphatic carbocycles. The third-order valence-electron chi connectivity index (χ3n) is 6.23. The van der Waals surface area contributed by atoms with Crippen LogP contribution in [0.2, 0.25) is 0 Å². The maximum Gasteiger partial charge on any atom is 0.295 e. The number of Topliss-reactive ketones (excluding diaryl/α,β-unsaturated/α-hetero) is 1. The van der Waals surface area contributed by atoms with Gasteiger partial charge in [-0.2, -0.15) is 0 Å². The van der Waals surface area contributed by atoms with Gasteiger partial charge in [0.2, 0.25) is 0 Å². The smallest absolute Gasteiger partial charge is 0.295 e. The number of benzene rings is 2. The lowest BCUT2D eigenvalue weighted by Gasteiger charge is -2.29. The van der Waals surface area contributed by atoms with Crippen LogP contribution in [-0.2, 0) is 9.59 Å². The van der Waals surface area contributed by atoms with Gasteiger partial charge in [-0.25, -0.2) is 0 Å². The highest BCUT2D eigenvalue weighted by molar-refractivity contribution is 6.46. The number of hydrogen-bond donors (Lipinski definition) is 2. The predicted octanol–water partition coefficient (Wildman–Crippen LogP) is 3.48. The molecule has 3 rings (SSSR count). The molecule has 0 aromatic heterocycles. The van der Waals surface area contributed by atoms with Crippen LogP contribution in [0.3, 0.4) is 0 Å². The molecule has 34 heavy (non-hydrogen) atoms. The van der Waals surface area contributed by atoms with Crippen LogP contribution < -0.4 is 9.47 Å². The third kappa shape index (κ3) is 4.72. The van der Waals surface area contributed by atoms with Crippen molar-refractivity contribution >= 4 is 17.4 Å². The van der Waals surface area contributed by atoms with E-state index in [1.165, 1.54) is 25.2 Å². The van der Waals surface area contributed by atoms with Crippen molar-refractivity contribution in [1.82, 2.24) is 9.80 Å². The van der Waals surface area contributed by atoms with Crippen molar-refractivity contribution in [2.75, 3.05) is 40.4 Å². The van der Waals surface area contributed by atoms with E-state index in [-0.39, 0.29) is 23.4 Å². The zero-order valence-electron chi connectivity index (χ0n) is 20.3. The molecule has 0 radical (unpaired) electrons. The number of aryl methyl sites for hydroxylation is 1. The lowest BCUT2D eigenvalue weighted by molar-refractivity contribution is -0.140. The summed E-state index contributed by atoms with van der Waals surface area (Å²) in [5, 5.41) is 21.7. The van der Waals surface area contributed by atoms with E-state index in [0.717, 1.165) is 18.7 Å². The molecule has 8 heteroatoms. The fourth-order valence-electron chi connectivity index (χ4n) is 4.26. The first kappa shape index (κ1) is 25.1. The highest BCUT2D eigenvalue weighted by Gasteiger charge is 2.47. The van der Waals surface area contributed by atoms with Crippen molar-refractivity contribution in [3.63, 3.8) is 0 Å². The second-order valence-corrected chi connectivity index (χ2v) is 8.15. The molecule has 2 aromatic carbocycles. The summed E-state index contributed by atoms with van der Waals surface area (Å²) in [6.45, 7) is 8.28. The molecule has 1 saturated heterocycles. The van der Waals surface area contributed by atoms with Gasteiger partial charge in [0.15, 0.2) is 0 Å². The van der Waals surface area contributed by atoms with E-state index in [4.69, 9.17) is 9.47 Å². The van der Waals surface area contributed by atoms with E-state index in [2.05, 4.69) is 4.90 Å². The first-order valence-electron chi connectivity index (χ1n) is 11.3. The van der Waals surface area contributed by atoms with Crippen LogP contribution in [0.25, 0.3) is 5.76 Å². The van der Waals surface area contributed by atoms with Crippen molar-refractivity contribution in [3.8, 4) is 17.2 Å². The molecule has 1 fully saturated rings. The minimum Gasteiger partial charge on any atom is -0.507 e. The number of methoxy groups -OCH3 is 2. The average molecular weight is 469 g/mol. The molecular formula is C26H32N2O6. The number of phenolic OH excluding ortho intramolecular Hbond substituents is 1. The zero-order chi connectivity index (χ0) is 25.0. The number of rotatable bonds is 9. The van der Waals surface area contributed by atoms with Crippen LogP contribution >= 0.6 is 0 Å². The van der Waals surface area contributed by atoms with Gasteiger partial charge in [0.1, 0.15) is 23.0 Å². The van der Waals surface area contributed by atoms with Gasteiger partial charge >= 0.3 is 0 Å². The molecule has 2 N–H and O–H groups in total. The number of ether oxygens (including phenoxy) is 2. The van der Waals surface area contributed by atoms with Gasteiger partial charge in [0.25, 0.3) is 11.7 Å². The summed E-state index contributed by atoms with van der Waals surface area (Å²) in [6.07, 6.45) is 0. The topological polar surface area (TPSA) is 99.5 Å². The summed E-state index contributed by atoms with van der Waals surface area (Å²) in [5.41, 5.74) is 1.28. The molecule has 2 aromatic rings. The van der Waals surface area contributed by atoms with Gasteiger partial charge in [-0.3, -0.25) is 9.59 Å². The van der Waals surface area contributed by atoms with Gasteiger partial charge in [-0.15, -0.1) is 0 Å². The lowest BCUT2D eigenvalue weighted by atomic mass is 9.93. The van der Waals surface area contributed by atoms with Crippen LogP contribution in [0.4, 0.5) is 0 Å². The Labute approximate surface area is 200 Å². The maximum atomic E-state index is 13.3. The van der Waals surface area contributed by atoms with Gasteiger partial charge in [-0.05, 0) is 50.3 Å². The number of nitrogens with zero attached hydrogens (tertiary/aromatic N) is 2. The number of likely N-dealkylation sites (tertiary alicyclic amines) is 1. The van der Waals surface area contributed by atoms with E-state index >= 15 is 0 Å². The lowest BCUT2D eigenvalue weighted by Crippen LogP contribution is -2.38. The number of hydrogen-bond acceptors (Lipinski definition) is 7. The molecule has 1 heterocycles.